The summed E-state index contributed by atoms with van der Waals surface area (Å²) in [5.41, 5.74) is 1.58. The van der Waals surface area contributed by atoms with Crippen LogP contribution >= 0.6 is 0 Å². The quantitative estimate of drug-likeness (QED) is 0.606. The Morgan fingerprint density at radius 1 is 1.13 bits per heavy atom. The summed E-state index contributed by atoms with van der Waals surface area (Å²) in [6.45, 7) is 0. The zero-order valence-electron chi connectivity index (χ0n) is 7.99. The van der Waals surface area contributed by atoms with Crippen molar-refractivity contribution in [2.45, 2.75) is 0 Å². The molecule has 0 aromatic heterocycles. The molecule has 1 aromatic carbocycles. The summed E-state index contributed by atoms with van der Waals surface area (Å²) in [6.07, 6.45) is 7.89. The SMILES string of the molecule is N#Cc1cc(=C2C=CC=C2)ccc1=C=N. The predicted octanol–water partition coefficient (Wildman–Crippen LogP) is 0.755. The fraction of sp³-hybridized carbons (Fsp3) is 0. The molecule has 0 unspecified atom stereocenters. The molecular weight excluding hydrogens is 184 g/mol. The van der Waals surface area contributed by atoms with Gasteiger partial charge in [0.2, 0.25) is 0 Å². The number of benzene rings is 1. The molecule has 0 bridgehead atoms. The number of allylic oxidation sites excluding steroid dienone is 4. The van der Waals surface area contributed by atoms with Gasteiger partial charge in [0.1, 0.15) is 6.07 Å². The van der Waals surface area contributed by atoms with E-state index in [0.717, 1.165) is 10.8 Å². The number of nitrogens with zero attached hydrogens (tertiary/aromatic N) is 1. The summed E-state index contributed by atoms with van der Waals surface area (Å²) in [5.74, 6) is 2.25. The van der Waals surface area contributed by atoms with Gasteiger partial charge in [0, 0.05) is 0 Å². The van der Waals surface area contributed by atoms with Crippen LogP contribution in [0.15, 0.2) is 42.5 Å². The average molecular weight is 192 g/mol. The standard InChI is InChI=1S/C13H8N2/c14-8-12-6-5-11(7-13(12)9-15)10-3-1-2-4-10/h1-7,14H. The van der Waals surface area contributed by atoms with E-state index >= 15 is 0 Å². The molecule has 2 heteroatoms. The summed E-state index contributed by atoms with van der Waals surface area (Å²) >= 11 is 0. The molecule has 1 aliphatic rings. The van der Waals surface area contributed by atoms with Crippen LogP contribution in [-0.2, 0) is 0 Å². The van der Waals surface area contributed by atoms with E-state index < -0.39 is 0 Å². The lowest BCUT2D eigenvalue weighted by atomic mass is 10.1. The monoisotopic (exact) mass is 192 g/mol. The molecule has 2 nitrogen and oxygen atoms in total. The zero-order chi connectivity index (χ0) is 10.7. The number of nitrogens with one attached hydrogen (secondary N) is 1. The van der Waals surface area contributed by atoms with Crippen molar-refractivity contribution in [3.8, 4) is 6.07 Å². The number of nitriles is 1. The largest absolute Gasteiger partial charge is 0.258 e. The van der Waals surface area contributed by atoms with Crippen molar-refractivity contribution in [3.05, 3.63) is 58.5 Å². The third kappa shape index (κ3) is 1.65. The van der Waals surface area contributed by atoms with E-state index in [1.54, 1.807) is 12.1 Å². The molecule has 0 heterocycles. The van der Waals surface area contributed by atoms with E-state index in [2.05, 4.69) is 11.9 Å². The maximum Gasteiger partial charge on any atom is 0.100 e. The van der Waals surface area contributed by atoms with Crippen molar-refractivity contribution in [3.63, 3.8) is 0 Å². The van der Waals surface area contributed by atoms with Gasteiger partial charge in [-0.2, -0.15) is 5.26 Å². The van der Waals surface area contributed by atoms with E-state index in [4.69, 9.17) is 10.7 Å². The Balaban J connectivity index is 2.81. The minimum absolute atomic E-state index is 0.490. The van der Waals surface area contributed by atoms with Crippen molar-refractivity contribution in [1.29, 1.82) is 10.7 Å². The minimum atomic E-state index is 0.490. The molecule has 0 amide bonds. The van der Waals surface area contributed by atoms with Gasteiger partial charge in [-0.15, -0.1) is 0 Å². The molecule has 0 saturated carbocycles. The normalized spacial score (nSPS) is 12.6. The Bertz CT molecular complexity index is 622. The van der Waals surface area contributed by atoms with E-state index in [9.17, 15) is 0 Å². The van der Waals surface area contributed by atoms with E-state index in [1.807, 2.05) is 30.4 Å². The second-order valence-corrected chi connectivity index (χ2v) is 3.17. The van der Waals surface area contributed by atoms with E-state index in [1.165, 1.54) is 0 Å². The first-order chi connectivity index (χ1) is 7.35. The molecule has 0 fully saturated rings. The molecule has 0 radical (unpaired) electrons. The first-order valence-corrected chi connectivity index (χ1v) is 4.54. The van der Waals surface area contributed by atoms with Gasteiger partial charge in [0.05, 0.1) is 10.8 Å². The first kappa shape index (κ1) is 9.21. The van der Waals surface area contributed by atoms with Crippen LogP contribution < -0.4 is 10.4 Å². The van der Waals surface area contributed by atoms with Gasteiger partial charge in [-0.05, 0) is 28.8 Å². The third-order valence-electron chi connectivity index (χ3n) is 2.27. The average Bonchev–Trinajstić information content (AvgIpc) is 2.81. The van der Waals surface area contributed by atoms with Gasteiger partial charge >= 0.3 is 0 Å². The molecule has 0 saturated heterocycles. The summed E-state index contributed by atoms with van der Waals surface area (Å²) in [4.78, 5) is 0. The van der Waals surface area contributed by atoms with Crippen LogP contribution in [0, 0.1) is 16.7 Å². The maximum absolute atomic E-state index is 8.90. The maximum atomic E-state index is 8.90. The molecule has 70 valence electrons. The molecule has 0 atom stereocenters. The Morgan fingerprint density at radius 3 is 2.47 bits per heavy atom. The molecule has 1 aliphatic carbocycles. The van der Waals surface area contributed by atoms with Gasteiger partial charge in [0.25, 0.3) is 0 Å². The summed E-state index contributed by atoms with van der Waals surface area (Å²) < 4.78 is 0. The van der Waals surface area contributed by atoms with Crippen LogP contribution in [0.5, 0.6) is 0 Å². The molecular formula is C13H8N2. The zero-order valence-corrected chi connectivity index (χ0v) is 7.99. The summed E-state index contributed by atoms with van der Waals surface area (Å²) in [5, 5.41) is 17.5. The minimum Gasteiger partial charge on any atom is -0.258 e. The fourth-order valence-corrected chi connectivity index (χ4v) is 1.49. The third-order valence-corrected chi connectivity index (χ3v) is 2.27. The Hall–Kier alpha value is -2.36. The van der Waals surface area contributed by atoms with Crippen LogP contribution in [0.4, 0.5) is 0 Å². The van der Waals surface area contributed by atoms with Crippen LogP contribution in [0.25, 0.3) is 5.57 Å². The highest BCUT2D eigenvalue weighted by atomic mass is 14.3. The number of hydrogen-bond acceptors (Lipinski definition) is 2. The second kappa shape index (κ2) is 3.79. The molecule has 1 N–H and O–H groups in total. The highest BCUT2D eigenvalue weighted by molar-refractivity contribution is 5.71. The Morgan fingerprint density at radius 2 is 1.87 bits per heavy atom. The molecule has 0 spiro atoms. The topological polar surface area (TPSA) is 47.6 Å². The van der Waals surface area contributed by atoms with Gasteiger partial charge < -0.3 is 0 Å². The van der Waals surface area contributed by atoms with Crippen molar-refractivity contribution in [2.75, 3.05) is 0 Å². The van der Waals surface area contributed by atoms with E-state index in [-0.39, 0.29) is 0 Å². The van der Waals surface area contributed by atoms with Crippen LogP contribution in [-0.4, -0.2) is 5.87 Å². The van der Waals surface area contributed by atoms with Crippen LogP contribution in [0.3, 0.4) is 0 Å². The predicted molar refractivity (Wildman–Crippen MR) is 58.9 cm³/mol. The highest BCUT2D eigenvalue weighted by Crippen LogP contribution is 2.05. The lowest BCUT2D eigenvalue weighted by molar-refractivity contribution is 1.42. The summed E-state index contributed by atoms with van der Waals surface area (Å²) in [7, 11) is 0. The van der Waals surface area contributed by atoms with Crippen LogP contribution in [0.2, 0.25) is 0 Å². The number of hydrogen-bond donors (Lipinski definition) is 1. The fourth-order valence-electron chi connectivity index (χ4n) is 1.49. The smallest absolute Gasteiger partial charge is 0.100 e. The van der Waals surface area contributed by atoms with Crippen molar-refractivity contribution < 1.29 is 0 Å². The van der Waals surface area contributed by atoms with Crippen molar-refractivity contribution >= 4 is 11.4 Å². The molecule has 1 aromatic rings. The van der Waals surface area contributed by atoms with Crippen molar-refractivity contribution in [1.82, 2.24) is 0 Å². The van der Waals surface area contributed by atoms with Gasteiger partial charge in [-0.1, -0.05) is 30.4 Å². The first-order valence-electron chi connectivity index (χ1n) is 4.54. The van der Waals surface area contributed by atoms with E-state index in [0.29, 0.717) is 10.8 Å². The summed E-state index contributed by atoms with van der Waals surface area (Å²) in [6, 6.07) is 7.49. The lowest BCUT2D eigenvalue weighted by Crippen LogP contribution is -2.14. The van der Waals surface area contributed by atoms with Gasteiger partial charge in [-0.25, -0.2) is 0 Å². The van der Waals surface area contributed by atoms with Crippen LogP contribution in [0.1, 0.15) is 5.56 Å². The van der Waals surface area contributed by atoms with Gasteiger partial charge in [0.15, 0.2) is 0 Å². The second-order valence-electron chi connectivity index (χ2n) is 3.17. The Labute approximate surface area is 87.3 Å². The number of rotatable bonds is 0. The Kier molecular flexibility index (Phi) is 2.33. The van der Waals surface area contributed by atoms with Crippen molar-refractivity contribution in [2.24, 2.45) is 0 Å². The molecule has 15 heavy (non-hydrogen) atoms. The molecule has 0 aliphatic heterocycles. The van der Waals surface area contributed by atoms with Gasteiger partial charge in [-0.3, -0.25) is 5.41 Å². The lowest BCUT2D eigenvalue weighted by Gasteiger charge is -1.93. The molecule has 2 rings (SSSR count). The highest BCUT2D eigenvalue weighted by Gasteiger charge is 1.97.